The predicted molar refractivity (Wildman–Crippen MR) is 79.7 cm³/mol. The molecule has 0 heterocycles. The molecule has 4 nitrogen and oxygen atoms in total. The van der Waals surface area contributed by atoms with Crippen molar-refractivity contribution < 1.29 is 62.0 Å². The number of benzene rings is 1. The molecule has 0 spiro atoms. The van der Waals surface area contributed by atoms with Crippen LogP contribution in [0, 0.1) is 10.1 Å². The second kappa shape index (κ2) is 7.77. The molecule has 0 aromatic heterocycles. The van der Waals surface area contributed by atoms with Crippen LogP contribution < -0.4 is 0 Å². The van der Waals surface area contributed by atoms with E-state index in [1.54, 1.807) is 0 Å². The van der Waals surface area contributed by atoms with E-state index in [4.69, 9.17) is 0 Å². The van der Waals surface area contributed by atoms with Gasteiger partial charge in [-0.25, -0.2) is 4.39 Å². The summed E-state index contributed by atoms with van der Waals surface area (Å²) < 4.78 is 169. The number of nitro groups is 1. The number of non-ortho nitro benzene ring substituents is 1. The normalized spacial score (nSPS) is 16.5. The van der Waals surface area contributed by atoms with Gasteiger partial charge in [0.25, 0.3) is 11.4 Å². The smallest absolute Gasteiger partial charge is 0.258 e. The van der Waals surface area contributed by atoms with Crippen molar-refractivity contribution >= 4 is 33.5 Å². The van der Waals surface area contributed by atoms with Crippen molar-refractivity contribution in [1.29, 1.82) is 0 Å². The average Bonchev–Trinajstić information content (AvgIpc) is 2.57. The van der Waals surface area contributed by atoms with Crippen LogP contribution in [0.15, 0.2) is 27.7 Å². The van der Waals surface area contributed by atoms with Crippen LogP contribution in [0.2, 0.25) is 0 Å². The largest absolute Gasteiger partial charge is 0.460 e. The van der Waals surface area contributed by atoms with Gasteiger partial charge in [0.05, 0.1) is 16.8 Å². The summed E-state index contributed by atoms with van der Waals surface area (Å²) in [4.78, 5) is 11.8. The summed E-state index contributed by atoms with van der Waals surface area (Å²) in [7, 11) is 0. The highest BCUT2D eigenvalue weighted by molar-refractivity contribution is 9.10. The van der Waals surface area contributed by atoms with Gasteiger partial charge < -0.3 is 0 Å². The van der Waals surface area contributed by atoms with E-state index in [9.17, 15) is 67.2 Å². The molecule has 0 N–H and O–H groups in total. The van der Waals surface area contributed by atoms with Gasteiger partial charge in [0.15, 0.2) is 0 Å². The standard InChI is InChI=1S/C13H4BrF13N2O2/c14-6-3-5(29(30)31)1-2-7(6)28-4-8(15,10(18,19)12(22,23)24)9(16,17)11(20,21)13(25,26)27/h1-4H. The van der Waals surface area contributed by atoms with Crippen molar-refractivity contribution in [3.63, 3.8) is 0 Å². The molecule has 0 saturated heterocycles. The third kappa shape index (κ3) is 4.30. The van der Waals surface area contributed by atoms with Gasteiger partial charge in [0.1, 0.15) is 0 Å². The molecule has 0 bridgehead atoms. The Balaban J connectivity index is 3.79. The van der Waals surface area contributed by atoms with Gasteiger partial charge in [-0.1, -0.05) is 0 Å². The summed E-state index contributed by atoms with van der Waals surface area (Å²) >= 11 is 2.43. The lowest BCUT2D eigenvalue weighted by Gasteiger charge is -2.40. The molecular formula is C13H4BrF13N2O2. The third-order valence-electron chi connectivity index (χ3n) is 3.54. The van der Waals surface area contributed by atoms with Crippen LogP contribution in [-0.4, -0.2) is 46.9 Å². The van der Waals surface area contributed by atoms with E-state index in [0.717, 1.165) is 0 Å². The molecule has 31 heavy (non-hydrogen) atoms. The van der Waals surface area contributed by atoms with E-state index in [0.29, 0.717) is 18.2 Å². The van der Waals surface area contributed by atoms with E-state index in [2.05, 4.69) is 20.9 Å². The average molecular weight is 547 g/mol. The van der Waals surface area contributed by atoms with Crippen LogP contribution >= 0.6 is 15.9 Å². The van der Waals surface area contributed by atoms with Gasteiger partial charge in [0, 0.05) is 16.6 Å². The Morgan fingerprint density at radius 1 is 0.806 bits per heavy atom. The number of hydrogen-bond donors (Lipinski definition) is 0. The van der Waals surface area contributed by atoms with Gasteiger partial charge in [-0.3, -0.25) is 15.1 Å². The Bertz CT molecular complexity index is 881. The molecule has 1 aromatic carbocycles. The first-order valence-corrected chi connectivity index (χ1v) is 7.79. The highest BCUT2D eigenvalue weighted by atomic mass is 79.9. The van der Waals surface area contributed by atoms with Crippen molar-refractivity contribution in [2.24, 2.45) is 4.99 Å². The fourth-order valence-electron chi connectivity index (χ4n) is 1.84. The molecule has 0 aliphatic rings. The lowest BCUT2D eigenvalue weighted by molar-refractivity contribution is -0.410. The molecule has 176 valence electrons. The fraction of sp³-hybridized carbons (Fsp3) is 0.462. The van der Waals surface area contributed by atoms with Crippen molar-refractivity contribution in [2.45, 2.75) is 35.8 Å². The SMILES string of the molecule is O=[N+]([O-])c1ccc(N=CC(F)(C(F)(F)C(F)(F)F)C(F)(F)C(F)(F)C(F)(F)F)c(Br)c1. The molecule has 1 rings (SSSR count). The van der Waals surface area contributed by atoms with E-state index in [1.165, 1.54) is 0 Å². The van der Waals surface area contributed by atoms with Crippen molar-refractivity contribution in [2.75, 3.05) is 0 Å². The first kappa shape index (κ1) is 26.9. The van der Waals surface area contributed by atoms with Crippen LogP contribution in [0.1, 0.15) is 0 Å². The number of hydrogen-bond acceptors (Lipinski definition) is 3. The topological polar surface area (TPSA) is 55.5 Å². The maximum absolute atomic E-state index is 14.4. The first-order valence-electron chi connectivity index (χ1n) is 6.99. The number of nitrogens with zero attached hydrogens (tertiary/aromatic N) is 2. The number of nitro benzene ring substituents is 1. The van der Waals surface area contributed by atoms with Gasteiger partial charge in [-0.2, -0.15) is 52.7 Å². The summed E-state index contributed by atoms with van der Waals surface area (Å²) in [6, 6.07) is 1.30. The van der Waals surface area contributed by atoms with Crippen LogP contribution in [0.5, 0.6) is 0 Å². The molecule has 0 aliphatic heterocycles. The number of halogens is 14. The molecule has 1 aromatic rings. The minimum Gasteiger partial charge on any atom is -0.258 e. The Hall–Kier alpha value is -2.14. The Morgan fingerprint density at radius 3 is 1.61 bits per heavy atom. The van der Waals surface area contributed by atoms with Crippen LogP contribution in [0.3, 0.4) is 0 Å². The van der Waals surface area contributed by atoms with Crippen molar-refractivity contribution in [3.8, 4) is 0 Å². The zero-order valence-corrected chi connectivity index (χ0v) is 15.4. The Kier molecular flexibility index (Phi) is 6.74. The summed E-state index contributed by atoms with van der Waals surface area (Å²) in [5, 5.41) is 10.5. The number of aliphatic imine (C=N–C) groups is 1. The molecule has 0 amide bonds. The first-order chi connectivity index (χ1) is 13.5. The predicted octanol–water partition coefficient (Wildman–Crippen LogP) is 6.80. The fourth-order valence-corrected chi connectivity index (χ4v) is 2.31. The highest BCUT2D eigenvalue weighted by Crippen LogP contribution is 2.59. The molecule has 1 unspecified atom stereocenters. The molecular weight excluding hydrogens is 543 g/mol. The van der Waals surface area contributed by atoms with Crippen molar-refractivity contribution in [3.05, 3.63) is 32.8 Å². The second-order valence-corrected chi connectivity index (χ2v) is 6.44. The van der Waals surface area contributed by atoms with E-state index < -0.39 is 62.8 Å². The minimum atomic E-state index is -7.73. The van der Waals surface area contributed by atoms with E-state index in [1.807, 2.05) is 0 Å². The molecule has 0 radical (unpaired) electrons. The third-order valence-corrected chi connectivity index (χ3v) is 4.18. The Labute approximate surface area is 170 Å². The zero-order valence-electron chi connectivity index (χ0n) is 13.8. The molecule has 0 saturated carbocycles. The molecule has 0 aliphatic carbocycles. The van der Waals surface area contributed by atoms with E-state index >= 15 is 0 Å². The maximum Gasteiger partial charge on any atom is 0.460 e. The molecule has 0 fully saturated rings. The van der Waals surface area contributed by atoms with Gasteiger partial charge in [-0.15, -0.1) is 0 Å². The highest BCUT2D eigenvalue weighted by Gasteiger charge is 2.89. The minimum absolute atomic E-state index is 0.366. The van der Waals surface area contributed by atoms with Crippen LogP contribution in [-0.2, 0) is 0 Å². The Morgan fingerprint density at radius 2 is 1.26 bits per heavy atom. The summed E-state index contributed by atoms with van der Waals surface area (Å²) in [6.07, 6.45) is -16.6. The summed E-state index contributed by atoms with van der Waals surface area (Å²) in [5.41, 5.74) is -8.94. The van der Waals surface area contributed by atoms with Gasteiger partial charge in [-0.05, 0) is 22.0 Å². The second-order valence-electron chi connectivity index (χ2n) is 5.58. The summed E-state index contributed by atoms with van der Waals surface area (Å²) in [6.45, 7) is 0. The lowest BCUT2D eigenvalue weighted by Crippen LogP contribution is -2.72. The molecule has 1 atom stereocenters. The quantitative estimate of drug-likeness (QED) is 0.170. The lowest BCUT2D eigenvalue weighted by atomic mass is 9.86. The summed E-state index contributed by atoms with van der Waals surface area (Å²) in [5.74, 6) is -22.9. The molecule has 18 heteroatoms. The zero-order chi connectivity index (χ0) is 24.8. The van der Waals surface area contributed by atoms with Gasteiger partial charge >= 0.3 is 30.1 Å². The number of rotatable bonds is 6. The number of alkyl halides is 13. The van der Waals surface area contributed by atoms with Crippen LogP contribution in [0.25, 0.3) is 0 Å². The van der Waals surface area contributed by atoms with Crippen LogP contribution in [0.4, 0.5) is 68.5 Å². The monoisotopic (exact) mass is 546 g/mol. The van der Waals surface area contributed by atoms with Gasteiger partial charge in [0.2, 0.25) is 0 Å². The van der Waals surface area contributed by atoms with E-state index in [-0.39, 0.29) is 0 Å². The maximum atomic E-state index is 14.4. The van der Waals surface area contributed by atoms with Crippen molar-refractivity contribution in [1.82, 2.24) is 0 Å².